The molecule has 1 heterocycles. The molecule has 0 spiro atoms. The molecule has 2 unspecified atom stereocenters. The monoisotopic (exact) mass is 580 g/mol. The summed E-state index contributed by atoms with van der Waals surface area (Å²) in [7, 11) is 8.33. The summed E-state index contributed by atoms with van der Waals surface area (Å²) in [4.78, 5) is 4.48. The fourth-order valence-corrected chi connectivity index (χ4v) is 5.11. The van der Waals surface area contributed by atoms with E-state index >= 15 is 0 Å². The normalized spacial score (nSPS) is 17.2. The molecule has 1 saturated carbocycles. The standard InChI is InChI=1S/C28H58NO3.C2H3NOS.ClH/c1-6-8-9-10-11-12-14-19-27(26-17-15-13-16-18-26)20-22-31-28(7-2)32-25-24-30-23-21-29(3,4)5;1-3-2(5)4-3;/h26-28H,6-25H2,1-5H3;1H3;1H/q+1;;/p-1. The van der Waals surface area contributed by atoms with Gasteiger partial charge in [0.05, 0.1) is 47.6 Å². The molecule has 0 aromatic rings. The van der Waals surface area contributed by atoms with Gasteiger partial charge in [-0.15, -0.1) is 0 Å². The predicted octanol–water partition coefficient (Wildman–Crippen LogP) is 4.36. The molecule has 0 bridgehead atoms. The number of hydrogen-bond donors (Lipinski definition) is 0. The highest BCUT2D eigenvalue weighted by Crippen LogP contribution is 2.35. The zero-order valence-electron chi connectivity index (χ0n) is 25.7. The molecule has 0 N–H and O–H groups in total. The Balaban J connectivity index is 0.00000203. The summed E-state index contributed by atoms with van der Waals surface area (Å²) in [5.74, 6) is 1.78. The first-order valence-corrected chi connectivity index (χ1v) is 15.7. The van der Waals surface area contributed by atoms with E-state index in [4.69, 9.17) is 14.2 Å². The van der Waals surface area contributed by atoms with Gasteiger partial charge in [-0.1, -0.05) is 97.3 Å². The number of nitrogens with zero attached hydrogens (tertiary/aromatic N) is 2. The number of hydroxylamine groups is 2. The molecule has 8 heteroatoms. The lowest BCUT2D eigenvalue weighted by atomic mass is 9.76. The number of likely N-dealkylation sites (N-methyl/N-ethyl adjacent to an activating group) is 1. The molecule has 1 aliphatic carbocycles. The van der Waals surface area contributed by atoms with Crippen LogP contribution in [0.2, 0.25) is 0 Å². The Morgan fingerprint density at radius 2 is 1.45 bits per heavy atom. The minimum absolute atomic E-state index is 0. The van der Waals surface area contributed by atoms with Crippen molar-refractivity contribution >= 4 is 17.4 Å². The number of unbranched alkanes of at least 4 members (excludes halogenated alkanes) is 6. The van der Waals surface area contributed by atoms with Crippen molar-refractivity contribution in [1.82, 2.24) is 5.06 Å². The highest BCUT2D eigenvalue weighted by molar-refractivity contribution is 7.80. The lowest BCUT2D eigenvalue weighted by molar-refractivity contribution is -0.870. The van der Waals surface area contributed by atoms with Crippen molar-refractivity contribution in [3.05, 3.63) is 0 Å². The molecule has 0 aromatic heterocycles. The molecule has 2 rings (SSSR count). The molecule has 0 aromatic carbocycles. The van der Waals surface area contributed by atoms with Crippen molar-refractivity contribution in [2.45, 2.75) is 116 Å². The second kappa shape index (κ2) is 23.5. The van der Waals surface area contributed by atoms with E-state index < -0.39 is 0 Å². The van der Waals surface area contributed by atoms with Crippen molar-refractivity contribution in [3.63, 3.8) is 0 Å². The molecule has 0 amide bonds. The van der Waals surface area contributed by atoms with Crippen molar-refractivity contribution < 1.29 is 35.9 Å². The molecule has 1 aliphatic heterocycles. The molecular weight excluding hydrogens is 520 g/mol. The Labute approximate surface area is 247 Å². The largest absolute Gasteiger partial charge is 1.00 e. The van der Waals surface area contributed by atoms with Crippen LogP contribution in [0.4, 0.5) is 0 Å². The molecule has 228 valence electrons. The summed E-state index contributed by atoms with van der Waals surface area (Å²) < 4.78 is 18.8. The maximum absolute atomic E-state index is 6.16. The molecule has 2 fully saturated rings. The van der Waals surface area contributed by atoms with Gasteiger partial charge in [0.25, 0.3) is 0 Å². The molecule has 2 aliphatic rings. The van der Waals surface area contributed by atoms with Gasteiger partial charge in [-0.25, -0.2) is 0 Å². The van der Waals surface area contributed by atoms with E-state index in [1.54, 1.807) is 7.05 Å². The smallest absolute Gasteiger partial charge is 0.322 e. The first-order valence-electron chi connectivity index (χ1n) is 15.3. The van der Waals surface area contributed by atoms with Crippen molar-refractivity contribution in [2.75, 3.05) is 61.2 Å². The van der Waals surface area contributed by atoms with E-state index in [1.165, 1.54) is 95.0 Å². The Morgan fingerprint density at radius 3 is 2.00 bits per heavy atom. The highest BCUT2D eigenvalue weighted by Gasteiger charge is 2.24. The summed E-state index contributed by atoms with van der Waals surface area (Å²) in [6.45, 7) is 8.38. The Kier molecular flexibility index (Phi) is 23.4. The van der Waals surface area contributed by atoms with Gasteiger partial charge in [-0.3, -0.25) is 0 Å². The van der Waals surface area contributed by atoms with Crippen LogP contribution in [0, 0.1) is 11.8 Å². The van der Waals surface area contributed by atoms with Gasteiger partial charge in [-0.05, 0) is 36.9 Å². The first kappa shape index (κ1) is 37.8. The van der Waals surface area contributed by atoms with Crippen LogP contribution in [0.25, 0.3) is 0 Å². The number of thiocarbonyl (C=S) groups is 1. The molecule has 2 atom stereocenters. The highest BCUT2D eigenvalue weighted by atomic mass is 35.5. The molecule has 38 heavy (non-hydrogen) atoms. The third kappa shape index (κ3) is 21.6. The van der Waals surface area contributed by atoms with Gasteiger partial charge in [0.2, 0.25) is 0 Å². The van der Waals surface area contributed by atoms with Crippen LogP contribution in [0.5, 0.6) is 0 Å². The van der Waals surface area contributed by atoms with Gasteiger partial charge in [-0.2, -0.15) is 5.06 Å². The van der Waals surface area contributed by atoms with E-state index in [0.717, 1.165) is 42.5 Å². The van der Waals surface area contributed by atoms with Crippen LogP contribution in [-0.2, 0) is 19.0 Å². The van der Waals surface area contributed by atoms with Gasteiger partial charge >= 0.3 is 5.17 Å². The van der Waals surface area contributed by atoms with Gasteiger partial charge < -0.3 is 35.9 Å². The molecular formula is C30H61ClN2O4S. The van der Waals surface area contributed by atoms with Crippen molar-refractivity contribution in [2.24, 2.45) is 11.8 Å². The van der Waals surface area contributed by atoms with E-state index in [9.17, 15) is 0 Å². The summed E-state index contributed by atoms with van der Waals surface area (Å²) in [6, 6.07) is 0. The van der Waals surface area contributed by atoms with E-state index in [1.807, 2.05) is 0 Å². The van der Waals surface area contributed by atoms with E-state index in [0.29, 0.717) is 18.4 Å². The molecule has 6 nitrogen and oxygen atoms in total. The Morgan fingerprint density at radius 1 is 0.868 bits per heavy atom. The molecule has 1 saturated heterocycles. The second-order valence-electron chi connectivity index (χ2n) is 11.9. The predicted molar refractivity (Wildman–Crippen MR) is 158 cm³/mol. The van der Waals surface area contributed by atoms with Gasteiger partial charge in [0.15, 0.2) is 6.29 Å². The first-order chi connectivity index (χ1) is 17.8. The van der Waals surface area contributed by atoms with Crippen LogP contribution in [0.15, 0.2) is 0 Å². The maximum atomic E-state index is 6.16. The van der Waals surface area contributed by atoms with E-state index in [2.05, 4.69) is 52.0 Å². The number of hydrogen-bond acceptors (Lipinski definition) is 5. The van der Waals surface area contributed by atoms with Crippen LogP contribution in [0.3, 0.4) is 0 Å². The van der Waals surface area contributed by atoms with Gasteiger partial charge in [0.1, 0.15) is 6.54 Å². The third-order valence-electron chi connectivity index (χ3n) is 7.50. The lowest BCUT2D eigenvalue weighted by Crippen LogP contribution is -3.00. The Bertz CT molecular complexity index is 559. The fourth-order valence-electron chi connectivity index (χ4n) is 5.00. The average molecular weight is 581 g/mol. The third-order valence-corrected chi connectivity index (χ3v) is 7.83. The SMILES string of the molecule is CCCCCCCCCC(CCOC(CC)OCCOCC[N+](C)(C)C)C1CCCCC1.CN1OC1=S.[Cl-]. The number of ether oxygens (including phenoxy) is 3. The fraction of sp³-hybridized carbons (Fsp3) is 0.967. The second-order valence-corrected chi connectivity index (χ2v) is 12.3. The minimum atomic E-state index is -0.0810. The minimum Gasteiger partial charge on any atom is -1.00 e. The number of quaternary nitrogens is 1. The zero-order valence-corrected chi connectivity index (χ0v) is 27.3. The Hall–Kier alpha value is -0.180. The zero-order chi connectivity index (χ0) is 27.4. The van der Waals surface area contributed by atoms with E-state index in [-0.39, 0.29) is 18.7 Å². The van der Waals surface area contributed by atoms with Crippen molar-refractivity contribution in [1.29, 1.82) is 0 Å². The van der Waals surface area contributed by atoms with Crippen LogP contribution < -0.4 is 12.4 Å². The summed E-state index contributed by atoms with van der Waals surface area (Å²) in [5.41, 5.74) is 0. The number of halogens is 1. The van der Waals surface area contributed by atoms with Crippen molar-refractivity contribution in [3.8, 4) is 0 Å². The average Bonchev–Trinajstić information content (AvgIpc) is 3.54. The van der Waals surface area contributed by atoms with Crippen LogP contribution in [-0.4, -0.2) is 82.2 Å². The topological polar surface area (TPSA) is 43.2 Å². The van der Waals surface area contributed by atoms with Gasteiger partial charge in [0, 0.05) is 7.05 Å². The number of rotatable bonds is 21. The lowest BCUT2D eigenvalue weighted by Gasteiger charge is -2.31. The quantitative estimate of drug-likeness (QED) is 0.0661. The summed E-state index contributed by atoms with van der Waals surface area (Å²) >= 11 is 4.47. The summed E-state index contributed by atoms with van der Waals surface area (Å²) in [5, 5.41) is 2.11. The maximum Gasteiger partial charge on any atom is 0.322 e. The molecule has 0 radical (unpaired) electrons. The van der Waals surface area contributed by atoms with Crippen LogP contribution >= 0.6 is 12.2 Å². The summed E-state index contributed by atoms with van der Waals surface area (Å²) in [6.07, 6.45) is 20.5. The van der Waals surface area contributed by atoms with Crippen LogP contribution in [0.1, 0.15) is 110 Å².